The summed E-state index contributed by atoms with van der Waals surface area (Å²) in [4.78, 5) is 10.4. The second-order valence-electron chi connectivity index (χ2n) is 2.74. The lowest BCUT2D eigenvalue weighted by Gasteiger charge is -2.07. The summed E-state index contributed by atoms with van der Waals surface area (Å²) < 4.78 is 4.72. The van der Waals surface area contributed by atoms with Crippen LogP contribution in [-0.2, 0) is 4.79 Å². The number of carboxylic acid groups (broad SMARTS) is 1. The van der Waals surface area contributed by atoms with E-state index in [4.69, 9.17) is 15.4 Å². The Morgan fingerprint density at radius 2 is 2.46 bits per heavy atom. The van der Waals surface area contributed by atoms with Gasteiger partial charge in [0.15, 0.2) is 5.76 Å². The van der Waals surface area contributed by atoms with E-state index in [1.165, 1.54) is 0 Å². The topological polar surface area (TPSA) is 102 Å². The largest absolute Gasteiger partial charge is 0.481 e. The maximum Gasteiger partial charge on any atom is 0.304 e. The number of nitrogens with two attached hydrogens (primary N) is 1. The van der Waals surface area contributed by atoms with Crippen LogP contribution in [0.4, 0.5) is 0 Å². The highest BCUT2D eigenvalue weighted by Gasteiger charge is 2.20. The molecule has 6 nitrogen and oxygen atoms in total. The van der Waals surface area contributed by atoms with Crippen molar-refractivity contribution in [3.05, 3.63) is 11.5 Å². The van der Waals surface area contributed by atoms with Crippen LogP contribution in [-0.4, -0.2) is 28.0 Å². The van der Waals surface area contributed by atoms with E-state index in [-0.39, 0.29) is 18.9 Å². The first-order chi connectivity index (χ1) is 6.15. The van der Waals surface area contributed by atoms with Crippen molar-refractivity contribution in [1.29, 1.82) is 0 Å². The molecule has 0 aliphatic rings. The molecule has 1 aromatic rings. The Kier molecular flexibility index (Phi) is 2.97. The Bertz CT molecular complexity index is 297. The average Bonchev–Trinajstić information content (AvgIpc) is 2.47. The van der Waals surface area contributed by atoms with Gasteiger partial charge in [0.1, 0.15) is 5.69 Å². The van der Waals surface area contributed by atoms with Gasteiger partial charge in [0.25, 0.3) is 0 Å². The normalized spacial score (nSPS) is 12.8. The van der Waals surface area contributed by atoms with Gasteiger partial charge in [-0.05, 0) is 6.92 Å². The first-order valence-electron chi connectivity index (χ1n) is 3.86. The molecule has 1 rings (SSSR count). The quantitative estimate of drug-likeness (QED) is 0.678. The van der Waals surface area contributed by atoms with Crippen molar-refractivity contribution in [2.45, 2.75) is 19.3 Å². The highest BCUT2D eigenvalue weighted by Crippen LogP contribution is 2.18. The monoisotopic (exact) mass is 185 g/mol. The number of carboxylic acids is 1. The second kappa shape index (κ2) is 3.99. The van der Waals surface area contributed by atoms with Gasteiger partial charge in [0.05, 0.1) is 6.42 Å². The summed E-state index contributed by atoms with van der Waals surface area (Å²) in [5, 5.41) is 15.6. The number of carbonyl (C=O) groups is 1. The van der Waals surface area contributed by atoms with Crippen LogP contribution in [0.2, 0.25) is 0 Å². The number of aliphatic carboxylic acids is 1. The summed E-state index contributed by atoms with van der Waals surface area (Å²) >= 11 is 0. The lowest BCUT2D eigenvalue weighted by Crippen LogP contribution is -2.17. The van der Waals surface area contributed by atoms with E-state index < -0.39 is 5.97 Å². The number of aryl methyl sites for hydroxylation is 1. The third kappa shape index (κ3) is 2.25. The predicted octanol–water partition coefficient (Wildman–Crippen LogP) is -0.105. The minimum Gasteiger partial charge on any atom is -0.481 e. The Hall–Kier alpha value is -1.43. The molecule has 3 N–H and O–H groups in total. The zero-order chi connectivity index (χ0) is 9.84. The van der Waals surface area contributed by atoms with Crippen LogP contribution >= 0.6 is 0 Å². The first kappa shape index (κ1) is 9.66. The highest BCUT2D eigenvalue weighted by molar-refractivity contribution is 5.68. The van der Waals surface area contributed by atoms with Gasteiger partial charge < -0.3 is 15.4 Å². The van der Waals surface area contributed by atoms with Crippen LogP contribution in [0.15, 0.2) is 4.52 Å². The van der Waals surface area contributed by atoms with E-state index in [9.17, 15) is 4.79 Å². The van der Waals surface area contributed by atoms with Gasteiger partial charge in [-0.2, -0.15) is 0 Å². The smallest absolute Gasteiger partial charge is 0.304 e. The SMILES string of the molecule is Cc1onnc1C(CN)CC(=O)O. The van der Waals surface area contributed by atoms with E-state index in [2.05, 4.69) is 10.4 Å². The lowest BCUT2D eigenvalue weighted by molar-refractivity contribution is -0.137. The summed E-state index contributed by atoms with van der Waals surface area (Å²) in [5.41, 5.74) is 5.94. The van der Waals surface area contributed by atoms with Gasteiger partial charge in [-0.15, -0.1) is 5.10 Å². The van der Waals surface area contributed by atoms with E-state index in [1.807, 2.05) is 0 Å². The molecule has 0 aromatic carbocycles. The van der Waals surface area contributed by atoms with Gasteiger partial charge in [0, 0.05) is 17.7 Å². The first-order valence-corrected chi connectivity index (χ1v) is 3.86. The number of hydrogen-bond acceptors (Lipinski definition) is 5. The summed E-state index contributed by atoms with van der Waals surface area (Å²) in [6.45, 7) is 1.90. The zero-order valence-electron chi connectivity index (χ0n) is 7.23. The molecule has 0 radical (unpaired) electrons. The lowest BCUT2D eigenvalue weighted by atomic mass is 10.0. The zero-order valence-corrected chi connectivity index (χ0v) is 7.23. The van der Waals surface area contributed by atoms with Crippen LogP contribution < -0.4 is 5.73 Å². The number of hydrogen-bond donors (Lipinski definition) is 2. The molecule has 0 aliphatic carbocycles. The van der Waals surface area contributed by atoms with E-state index in [0.29, 0.717) is 11.5 Å². The molecule has 0 bridgehead atoms. The number of nitrogens with zero attached hydrogens (tertiary/aromatic N) is 2. The third-order valence-electron chi connectivity index (χ3n) is 1.78. The average molecular weight is 185 g/mol. The molecule has 0 amide bonds. The van der Waals surface area contributed by atoms with Crippen LogP contribution in [0, 0.1) is 6.92 Å². The Labute approximate surface area is 74.7 Å². The van der Waals surface area contributed by atoms with Crippen molar-refractivity contribution in [3.63, 3.8) is 0 Å². The highest BCUT2D eigenvalue weighted by atomic mass is 16.5. The van der Waals surface area contributed by atoms with Crippen LogP contribution in [0.25, 0.3) is 0 Å². The molecule has 0 saturated heterocycles. The second-order valence-corrected chi connectivity index (χ2v) is 2.74. The Morgan fingerprint density at radius 1 is 1.77 bits per heavy atom. The van der Waals surface area contributed by atoms with Gasteiger partial charge in [0.2, 0.25) is 0 Å². The van der Waals surface area contributed by atoms with Gasteiger partial charge in [-0.1, -0.05) is 0 Å². The van der Waals surface area contributed by atoms with Crippen LogP contribution in [0.1, 0.15) is 23.8 Å². The fourth-order valence-electron chi connectivity index (χ4n) is 1.11. The van der Waals surface area contributed by atoms with Crippen molar-refractivity contribution in [3.8, 4) is 0 Å². The summed E-state index contributed by atoms with van der Waals surface area (Å²) in [7, 11) is 0. The minimum atomic E-state index is -0.905. The maximum atomic E-state index is 10.4. The number of rotatable bonds is 4. The molecular formula is C7H11N3O3. The molecule has 1 unspecified atom stereocenters. The summed E-state index contributed by atoms with van der Waals surface area (Å²) in [6, 6.07) is 0. The van der Waals surface area contributed by atoms with Crippen molar-refractivity contribution < 1.29 is 14.4 Å². The summed E-state index contributed by atoms with van der Waals surface area (Å²) in [6.07, 6.45) is -0.0500. The summed E-state index contributed by atoms with van der Waals surface area (Å²) in [5.74, 6) is -0.696. The van der Waals surface area contributed by atoms with Gasteiger partial charge in [-0.25, -0.2) is 0 Å². The molecule has 13 heavy (non-hydrogen) atoms. The van der Waals surface area contributed by atoms with E-state index >= 15 is 0 Å². The van der Waals surface area contributed by atoms with E-state index in [1.54, 1.807) is 6.92 Å². The third-order valence-corrected chi connectivity index (χ3v) is 1.78. The molecule has 0 aliphatic heterocycles. The van der Waals surface area contributed by atoms with E-state index in [0.717, 1.165) is 0 Å². The molecule has 1 heterocycles. The molecular weight excluding hydrogens is 174 g/mol. The van der Waals surface area contributed by atoms with Crippen LogP contribution in [0.5, 0.6) is 0 Å². The molecule has 0 saturated carbocycles. The molecule has 0 fully saturated rings. The Balaban J connectivity index is 2.78. The molecule has 72 valence electrons. The minimum absolute atomic E-state index is 0.0500. The Morgan fingerprint density at radius 3 is 2.85 bits per heavy atom. The van der Waals surface area contributed by atoms with Crippen LogP contribution in [0.3, 0.4) is 0 Å². The predicted molar refractivity (Wildman–Crippen MR) is 43.1 cm³/mol. The standard InChI is InChI=1S/C7H11N3O3/c1-4-7(9-10-13-4)5(3-8)2-6(11)12/h5H,2-3,8H2,1H3,(H,11,12). The molecule has 6 heteroatoms. The van der Waals surface area contributed by atoms with Crippen molar-refractivity contribution in [1.82, 2.24) is 10.4 Å². The van der Waals surface area contributed by atoms with Crippen molar-refractivity contribution >= 4 is 5.97 Å². The van der Waals surface area contributed by atoms with Crippen molar-refractivity contribution in [2.24, 2.45) is 5.73 Å². The molecule has 1 atom stereocenters. The molecule has 1 aromatic heterocycles. The molecule has 0 spiro atoms. The maximum absolute atomic E-state index is 10.4. The van der Waals surface area contributed by atoms with Gasteiger partial charge in [-0.3, -0.25) is 4.79 Å². The van der Waals surface area contributed by atoms with Gasteiger partial charge >= 0.3 is 5.97 Å². The fourth-order valence-corrected chi connectivity index (χ4v) is 1.11. The van der Waals surface area contributed by atoms with Crippen molar-refractivity contribution in [2.75, 3.05) is 6.54 Å². The fraction of sp³-hybridized carbons (Fsp3) is 0.571. The number of aromatic nitrogens is 2.